The highest BCUT2D eigenvalue weighted by Gasteiger charge is 2.17. The van der Waals surface area contributed by atoms with E-state index in [0.717, 1.165) is 31.5 Å². The summed E-state index contributed by atoms with van der Waals surface area (Å²) >= 11 is 5.86. The minimum atomic E-state index is -0.163. The van der Waals surface area contributed by atoms with Gasteiger partial charge in [-0.25, -0.2) is 0 Å². The highest BCUT2D eigenvalue weighted by atomic mass is 35.5. The second-order valence-corrected chi connectivity index (χ2v) is 4.50. The van der Waals surface area contributed by atoms with E-state index >= 15 is 0 Å². The van der Waals surface area contributed by atoms with Crippen molar-refractivity contribution in [2.24, 2.45) is 0 Å². The van der Waals surface area contributed by atoms with E-state index in [1.54, 1.807) is 0 Å². The molecular formula is C14H19ClN2. The molecule has 0 aromatic heterocycles. The van der Waals surface area contributed by atoms with Crippen molar-refractivity contribution in [1.29, 1.82) is 5.26 Å². The summed E-state index contributed by atoms with van der Waals surface area (Å²) in [7, 11) is 0. The van der Waals surface area contributed by atoms with Crippen LogP contribution in [0.5, 0.6) is 0 Å². The fourth-order valence-corrected chi connectivity index (χ4v) is 1.97. The van der Waals surface area contributed by atoms with Crippen LogP contribution >= 0.6 is 11.6 Å². The van der Waals surface area contributed by atoms with Crippen LogP contribution < -0.4 is 0 Å². The van der Waals surface area contributed by atoms with Gasteiger partial charge in [-0.2, -0.15) is 5.26 Å². The molecule has 1 atom stereocenters. The van der Waals surface area contributed by atoms with E-state index in [2.05, 4.69) is 24.8 Å². The molecule has 1 unspecified atom stereocenters. The van der Waals surface area contributed by atoms with E-state index in [-0.39, 0.29) is 6.04 Å². The standard InChI is InChI=1S/C14H19ClN2/c1-3-5-10-17(4-2)14(11-16)12-6-8-13(15)9-7-12/h6-9,14H,3-5,10H2,1-2H3. The summed E-state index contributed by atoms with van der Waals surface area (Å²) in [5, 5.41) is 10.0. The van der Waals surface area contributed by atoms with E-state index in [1.807, 2.05) is 24.3 Å². The second kappa shape index (κ2) is 7.32. The molecule has 0 saturated heterocycles. The lowest BCUT2D eigenvalue weighted by Gasteiger charge is -2.25. The third-order valence-corrected chi connectivity index (χ3v) is 3.13. The van der Waals surface area contributed by atoms with Gasteiger partial charge in [-0.15, -0.1) is 0 Å². The number of benzene rings is 1. The molecule has 17 heavy (non-hydrogen) atoms. The van der Waals surface area contributed by atoms with Crippen LogP contribution in [0.25, 0.3) is 0 Å². The van der Waals surface area contributed by atoms with Gasteiger partial charge in [0.1, 0.15) is 6.04 Å². The summed E-state index contributed by atoms with van der Waals surface area (Å²) in [4.78, 5) is 2.20. The van der Waals surface area contributed by atoms with Gasteiger partial charge in [0.15, 0.2) is 0 Å². The maximum absolute atomic E-state index is 9.32. The fourth-order valence-electron chi connectivity index (χ4n) is 1.84. The molecule has 0 aliphatic rings. The topological polar surface area (TPSA) is 27.0 Å². The van der Waals surface area contributed by atoms with E-state index in [0.29, 0.717) is 5.02 Å². The number of nitriles is 1. The van der Waals surface area contributed by atoms with Crippen LogP contribution in [0.4, 0.5) is 0 Å². The van der Waals surface area contributed by atoms with Crippen molar-refractivity contribution in [1.82, 2.24) is 4.90 Å². The molecule has 0 saturated carbocycles. The van der Waals surface area contributed by atoms with Crippen molar-refractivity contribution < 1.29 is 0 Å². The minimum absolute atomic E-state index is 0.163. The number of hydrogen-bond acceptors (Lipinski definition) is 2. The molecular weight excluding hydrogens is 232 g/mol. The third-order valence-electron chi connectivity index (χ3n) is 2.88. The third kappa shape index (κ3) is 4.03. The van der Waals surface area contributed by atoms with Gasteiger partial charge in [0.2, 0.25) is 0 Å². The van der Waals surface area contributed by atoms with E-state index in [1.165, 1.54) is 0 Å². The zero-order chi connectivity index (χ0) is 12.7. The van der Waals surface area contributed by atoms with Gasteiger partial charge in [0.05, 0.1) is 6.07 Å². The molecule has 2 nitrogen and oxygen atoms in total. The summed E-state index contributed by atoms with van der Waals surface area (Å²) in [6.07, 6.45) is 2.27. The number of rotatable bonds is 6. The van der Waals surface area contributed by atoms with E-state index < -0.39 is 0 Å². The van der Waals surface area contributed by atoms with Gasteiger partial charge in [-0.3, -0.25) is 4.90 Å². The predicted octanol–water partition coefficient (Wildman–Crippen LogP) is 4.03. The van der Waals surface area contributed by atoms with Crippen molar-refractivity contribution in [3.05, 3.63) is 34.9 Å². The summed E-state index contributed by atoms with van der Waals surface area (Å²) in [6, 6.07) is 9.77. The Morgan fingerprint density at radius 3 is 2.41 bits per heavy atom. The van der Waals surface area contributed by atoms with E-state index in [9.17, 15) is 5.26 Å². The van der Waals surface area contributed by atoms with Gasteiger partial charge in [0.25, 0.3) is 0 Å². The van der Waals surface area contributed by atoms with Crippen LogP contribution in [-0.4, -0.2) is 18.0 Å². The van der Waals surface area contributed by atoms with Crippen LogP contribution in [0, 0.1) is 11.3 Å². The molecule has 0 fully saturated rings. The first-order valence-corrected chi connectivity index (χ1v) is 6.49. The zero-order valence-electron chi connectivity index (χ0n) is 10.5. The van der Waals surface area contributed by atoms with Crippen molar-refractivity contribution in [3.63, 3.8) is 0 Å². The predicted molar refractivity (Wildman–Crippen MR) is 72.0 cm³/mol. The lowest BCUT2D eigenvalue weighted by molar-refractivity contribution is 0.245. The van der Waals surface area contributed by atoms with Crippen LogP contribution in [0.1, 0.15) is 38.3 Å². The summed E-state index contributed by atoms with van der Waals surface area (Å²) in [6.45, 7) is 6.11. The minimum Gasteiger partial charge on any atom is -0.285 e. The summed E-state index contributed by atoms with van der Waals surface area (Å²) in [5.74, 6) is 0. The van der Waals surface area contributed by atoms with Gasteiger partial charge >= 0.3 is 0 Å². The Balaban J connectivity index is 2.82. The lowest BCUT2D eigenvalue weighted by Crippen LogP contribution is -2.28. The molecule has 0 radical (unpaired) electrons. The Morgan fingerprint density at radius 1 is 1.29 bits per heavy atom. The average Bonchev–Trinajstić information content (AvgIpc) is 2.36. The molecule has 1 aromatic carbocycles. The first-order chi connectivity index (χ1) is 8.22. The summed E-state index contributed by atoms with van der Waals surface area (Å²) in [5.41, 5.74) is 1.02. The molecule has 0 spiro atoms. The molecule has 0 bridgehead atoms. The molecule has 1 aromatic rings. The lowest BCUT2D eigenvalue weighted by atomic mass is 10.1. The van der Waals surface area contributed by atoms with Crippen molar-refractivity contribution in [2.45, 2.75) is 32.7 Å². The monoisotopic (exact) mass is 250 g/mol. The Kier molecular flexibility index (Phi) is 6.04. The molecule has 0 N–H and O–H groups in total. The number of halogens is 1. The average molecular weight is 251 g/mol. The highest BCUT2D eigenvalue weighted by molar-refractivity contribution is 6.30. The Morgan fingerprint density at radius 2 is 1.94 bits per heavy atom. The van der Waals surface area contributed by atoms with Crippen molar-refractivity contribution in [3.8, 4) is 6.07 Å². The number of hydrogen-bond donors (Lipinski definition) is 0. The Labute approximate surface area is 109 Å². The van der Waals surface area contributed by atoms with Crippen molar-refractivity contribution in [2.75, 3.05) is 13.1 Å². The SMILES string of the molecule is CCCCN(CC)C(C#N)c1ccc(Cl)cc1. The normalized spacial score (nSPS) is 12.4. The van der Waals surface area contributed by atoms with Gasteiger partial charge in [0, 0.05) is 5.02 Å². The Bertz CT molecular complexity index is 367. The molecule has 0 heterocycles. The van der Waals surface area contributed by atoms with Crippen LogP contribution in [0.2, 0.25) is 5.02 Å². The van der Waals surface area contributed by atoms with Gasteiger partial charge < -0.3 is 0 Å². The van der Waals surface area contributed by atoms with Crippen LogP contribution in [0.3, 0.4) is 0 Å². The molecule has 0 amide bonds. The van der Waals surface area contributed by atoms with Gasteiger partial charge in [-0.1, -0.05) is 44.0 Å². The smallest absolute Gasteiger partial charge is 0.123 e. The van der Waals surface area contributed by atoms with Crippen LogP contribution in [0.15, 0.2) is 24.3 Å². The highest BCUT2D eigenvalue weighted by Crippen LogP contribution is 2.22. The molecule has 92 valence electrons. The largest absolute Gasteiger partial charge is 0.285 e. The first-order valence-electron chi connectivity index (χ1n) is 6.12. The Hall–Kier alpha value is -1.04. The van der Waals surface area contributed by atoms with Gasteiger partial charge in [-0.05, 0) is 37.2 Å². The van der Waals surface area contributed by atoms with Crippen LogP contribution in [-0.2, 0) is 0 Å². The summed E-state index contributed by atoms with van der Waals surface area (Å²) < 4.78 is 0. The fraction of sp³-hybridized carbons (Fsp3) is 0.500. The maximum atomic E-state index is 9.32. The maximum Gasteiger partial charge on any atom is 0.123 e. The molecule has 0 aliphatic carbocycles. The second-order valence-electron chi connectivity index (χ2n) is 4.07. The molecule has 3 heteroatoms. The first kappa shape index (κ1) is 14.0. The van der Waals surface area contributed by atoms with E-state index in [4.69, 9.17) is 11.6 Å². The molecule has 0 aliphatic heterocycles. The number of nitrogens with zero attached hydrogens (tertiary/aromatic N) is 2. The molecule has 1 rings (SSSR count). The zero-order valence-corrected chi connectivity index (χ0v) is 11.2. The quantitative estimate of drug-likeness (QED) is 0.762. The number of unbranched alkanes of at least 4 members (excludes halogenated alkanes) is 1. The van der Waals surface area contributed by atoms with Crippen molar-refractivity contribution >= 4 is 11.6 Å².